The molecule has 0 amide bonds. The summed E-state index contributed by atoms with van der Waals surface area (Å²) in [7, 11) is 0. The molecule has 7 heteroatoms. The van der Waals surface area contributed by atoms with Crippen LogP contribution in [-0.2, 0) is 17.9 Å². The van der Waals surface area contributed by atoms with E-state index >= 15 is 0 Å². The minimum Gasteiger partial charge on any atom is -0.480 e. The van der Waals surface area contributed by atoms with Crippen LogP contribution in [0, 0.1) is 11.3 Å². The molecule has 0 aliphatic carbocycles. The molecular formula is C12H11N5O2. The van der Waals surface area contributed by atoms with Crippen molar-refractivity contribution in [2.75, 3.05) is 5.32 Å². The highest BCUT2D eigenvalue weighted by atomic mass is 16.4. The van der Waals surface area contributed by atoms with Crippen LogP contribution in [-0.4, -0.2) is 26.1 Å². The minimum atomic E-state index is -0.962. The molecule has 0 radical (unpaired) electrons. The van der Waals surface area contributed by atoms with E-state index < -0.39 is 5.97 Å². The van der Waals surface area contributed by atoms with Crippen molar-refractivity contribution in [2.45, 2.75) is 13.1 Å². The van der Waals surface area contributed by atoms with E-state index in [2.05, 4.69) is 15.6 Å². The van der Waals surface area contributed by atoms with E-state index in [0.29, 0.717) is 17.8 Å². The maximum atomic E-state index is 10.5. The second-order valence-electron chi connectivity index (χ2n) is 3.84. The van der Waals surface area contributed by atoms with E-state index in [4.69, 9.17) is 10.4 Å². The third kappa shape index (κ3) is 3.54. The fourth-order valence-electron chi connectivity index (χ4n) is 1.49. The molecule has 1 aromatic heterocycles. The van der Waals surface area contributed by atoms with Gasteiger partial charge in [-0.3, -0.25) is 4.79 Å². The predicted octanol–water partition coefficient (Wildman–Crippen LogP) is 0.846. The maximum absolute atomic E-state index is 10.5. The van der Waals surface area contributed by atoms with Gasteiger partial charge in [0.1, 0.15) is 12.2 Å². The molecule has 2 N–H and O–H groups in total. The fourth-order valence-corrected chi connectivity index (χ4v) is 1.49. The molecule has 0 saturated carbocycles. The molecule has 2 aromatic rings. The summed E-state index contributed by atoms with van der Waals surface area (Å²) in [5.74, 6) is -0.962. The molecule has 7 nitrogen and oxygen atoms in total. The van der Waals surface area contributed by atoms with E-state index in [-0.39, 0.29) is 6.54 Å². The summed E-state index contributed by atoms with van der Waals surface area (Å²) in [5, 5.41) is 27.9. The number of carboxylic acid groups (broad SMARTS) is 1. The molecule has 1 heterocycles. The molecule has 1 aromatic carbocycles. The SMILES string of the molecule is N#Cc1ccc(NCc2cn(CC(=O)O)nn2)cc1. The number of rotatable bonds is 5. The van der Waals surface area contributed by atoms with Crippen LogP contribution in [0.1, 0.15) is 11.3 Å². The summed E-state index contributed by atoms with van der Waals surface area (Å²) < 4.78 is 1.26. The summed E-state index contributed by atoms with van der Waals surface area (Å²) >= 11 is 0. The van der Waals surface area contributed by atoms with Gasteiger partial charge in [-0.2, -0.15) is 5.26 Å². The molecular weight excluding hydrogens is 246 g/mol. The van der Waals surface area contributed by atoms with E-state index in [1.54, 1.807) is 30.5 Å². The highest BCUT2D eigenvalue weighted by Crippen LogP contribution is 2.09. The Balaban J connectivity index is 1.92. The van der Waals surface area contributed by atoms with Gasteiger partial charge in [-0.05, 0) is 24.3 Å². The quantitative estimate of drug-likeness (QED) is 0.822. The molecule has 0 aliphatic heterocycles. The van der Waals surface area contributed by atoms with Crippen LogP contribution in [0.25, 0.3) is 0 Å². The number of anilines is 1. The topological polar surface area (TPSA) is 104 Å². The molecule has 0 fully saturated rings. The summed E-state index contributed by atoms with van der Waals surface area (Å²) in [4.78, 5) is 10.5. The van der Waals surface area contributed by atoms with Crippen molar-refractivity contribution < 1.29 is 9.90 Å². The highest BCUT2D eigenvalue weighted by molar-refractivity contribution is 5.66. The van der Waals surface area contributed by atoms with E-state index in [1.807, 2.05) is 6.07 Å². The van der Waals surface area contributed by atoms with Crippen LogP contribution in [0.3, 0.4) is 0 Å². The lowest BCUT2D eigenvalue weighted by Gasteiger charge is -2.03. The molecule has 2 rings (SSSR count). The van der Waals surface area contributed by atoms with Gasteiger partial charge in [0.05, 0.1) is 24.4 Å². The maximum Gasteiger partial charge on any atom is 0.325 e. The van der Waals surface area contributed by atoms with Crippen LogP contribution in [0.2, 0.25) is 0 Å². The van der Waals surface area contributed by atoms with Gasteiger partial charge < -0.3 is 10.4 Å². The van der Waals surface area contributed by atoms with Gasteiger partial charge in [0.25, 0.3) is 0 Å². The molecule has 96 valence electrons. The highest BCUT2D eigenvalue weighted by Gasteiger charge is 2.04. The molecule has 0 aliphatic rings. The van der Waals surface area contributed by atoms with Crippen LogP contribution >= 0.6 is 0 Å². The zero-order valence-corrected chi connectivity index (χ0v) is 9.95. The number of hydrogen-bond donors (Lipinski definition) is 2. The van der Waals surface area contributed by atoms with Crippen LogP contribution in [0.4, 0.5) is 5.69 Å². The second-order valence-corrected chi connectivity index (χ2v) is 3.84. The van der Waals surface area contributed by atoms with Crippen LogP contribution in [0.5, 0.6) is 0 Å². The average Bonchev–Trinajstić information content (AvgIpc) is 2.84. The Kier molecular flexibility index (Phi) is 3.73. The lowest BCUT2D eigenvalue weighted by molar-refractivity contribution is -0.137. The van der Waals surface area contributed by atoms with Crippen molar-refractivity contribution in [3.05, 3.63) is 41.7 Å². The lowest BCUT2D eigenvalue weighted by Crippen LogP contribution is -2.09. The summed E-state index contributed by atoms with van der Waals surface area (Å²) in [5.41, 5.74) is 2.09. The van der Waals surface area contributed by atoms with Crippen molar-refractivity contribution in [3.63, 3.8) is 0 Å². The number of nitriles is 1. The first-order valence-corrected chi connectivity index (χ1v) is 5.52. The normalized spacial score (nSPS) is 9.84. The zero-order chi connectivity index (χ0) is 13.7. The third-order valence-corrected chi connectivity index (χ3v) is 2.37. The summed E-state index contributed by atoms with van der Waals surface area (Å²) in [6, 6.07) is 9.05. The molecule has 0 unspecified atom stereocenters. The third-order valence-electron chi connectivity index (χ3n) is 2.37. The Morgan fingerprint density at radius 2 is 2.16 bits per heavy atom. The van der Waals surface area contributed by atoms with Crippen molar-refractivity contribution in [3.8, 4) is 6.07 Å². The smallest absolute Gasteiger partial charge is 0.325 e. The number of benzene rings is 1. The van der Waals surface area contributed by atoms with Crippen molar-refractivity contribution in [2.24, 2.45) is 0 Å². The largest absolute Gasteiger partial charge is 0.480 e. The van der Waals surface area contributed by atoms with Gasteiger partial charge >= 0.3 is 5.97 Å². The standard InChI is InChI=1S/C12H11N5O2/c13-5-9-1-3-10(4-2-9)14-6-11-7-17(16-15-11)8-12(18)19/h1-4,7,14H,6,8H2,(H,18,19). The van der Waals surface area contributed by atoms with Gasteiger partial charge in [0.15, 0.2) is 0 Å². The lowest BCUT2D eigenvalue weighted by atomic mass is 10.2. The van der Waals surface area contributed by atoms with Gasteiger partial charge in [-0.15, -0.1) is 5.10 Å². The van der Waals surface area contributed by atoms with E-state index in [0.717, 1.165) is 5.69 Å². The van der Waals surface area contributed by atoms with Gasteiger partial charge in [-0.1, -0.05) is 5.21 Å². The number of nitrogens with zero attached hydrogens (tertiary/aromatic N) is 4. The van der Waals surface area contributed by atoms with Gasteiger partial charge in [0.2, 0.25) is 0 Å². The van der Waals surface area contributed by atoms with Crippen LogP contribution in [0.15, 0.2) is 30.5 Å². The van der Waals surface area contributed by atoms with Crippen LogP contribution < -0.4 is 5.32 Å². The monoisotopic (exact) mass is 257 g/mol. The molecule has 0 bridgehead atoms. The Morgan fingerprint density at radius 3 is 2.79 bits per heavy atom. The van der Waals surface area contributed by atoms with Gasteiger partial charge in [-0.25, -0.2) is 4.68 Å². The first-order chi connectivity index (χ1) is 9.17. The minimum absolute atomic E-state index is 0.204. The van der Waals surface area contributed by atoms with Crippen molar-refractivity contribution >= 4 is 11.7 Å². The second kappa shape index (κ2) is 5.64. The average molecular weight is 257 g/mol. The van der Waals surface area contributed by atoms with E-state index in [9.17, 15) is 4.79 Å². The molecule has 0 atom stereocenters. The number of aromatic nitrogens is 3. The summed E-state index contributed by atoms with van der Waals surface area (Å²) in [6.07, 6.45) is 1.57. The molecule has 0 spiro atoms. The Hall–Kier alpha value is -2.88. The first kappa shape index (κ1) is 12.6. The van der Waals surface area contributed by atoms with E-state index in [1.165, 1.54) is 4.68 Å². The van der Waals surface area contributed by atoms with Crippen molar-refractivity contribution in [1.82, 2.24) is 15.0 Å². The molecule has 19 heavy (non-hydrogen) atoms. The first-order valence-electron chi connectivity index (χ1n) is 5.52. The number of carbonyl (C=O) groups is 1. The zero-order valence-electron chi connectivity index (χ0n) is 9.95. The van der Waals surface area contributed by atoms with Gasteiger partial charge in [0, 0.05) is 5.69 Å². The predicted molar refractivity (Wildman–Crippen MR) is 66.1 cm³/mol. The Morgan fingerprint density at radius 1 is 1.42 bits per heavy atom. The number of hydrogen-bond acceptors (Lipinski definition) is 5. The molecule has 0 saturated heterocycles. The number of carboxylic acids is 1. The number of aliphatic carboxylic acids is 1. The fraction of sp³-hybridized carbons (Fsp3) is 0.167. The van der Waals surface area contributed by atoms with Crippen molar-refractivity contribution in [1.29, 1.82) is 5.26 Å². The Labute approximate surface area is 109 Å². The summed E-state index contributed by atoms with van der Waals surface area (Å²) in [6.45, 7) is 0.232. The number of nitrogens with one attached hydrogen (secondary N) is 1. The Bertz CT molecular complexity index is 612.